The number of tetrazole rings is 1. The molecule has 0 amide bonds. The summed E-state index contributed by atoms with van der Waals surface area (Å²) in [7, 11) is 0. The van der Waals surface area contributed by atoms with Gasteiger partial charge in [-0.1, -0.05) is 26.0 Å². The molecule has 4 aliphatic carbocycles. The first-order valence-corrected chi connectivity index (χ1v) is 11.8. The van der Waals surface area contributed by atoms with E-state index in [0.29, 0.717) is 5.92 Å². The Kier molecular flexibility index (Phi) is 4.13. The minimum absolute atomic E-state index is 0.0458. The van der Waals surface area contributed by atoms with E-state index in [4.69, 9.17) is 5.10 Å². The summed E-state index contributed by atoms with van der Waals surface area (Å²) in [4.78, 5) is 2.81. The third kappa shape index (κ3) is 2.59. The number of rotatable bonds is 4. The van der Waals surface area contributed by atoms with E-state index >= 15 is 0 Å². The predicted octanol–water partition coefficient (Wildman–Crippen LogP) is 4.53. The van der Waals surface area contributed by atoms with Crippen LogP contribution in [-0.4, -0.2) is 38.2 Å². The maximum atomic E-state index is 4.77. The standard InChI is InChI=1S/C24H33N5/c1-16(2)19-5-7-22(8-6-19)29-23(25-26-27-29)24(28-9-3-4-10-28)20-12-17-11-18(14-20)15-21(24)13-17/h5-8,16-18,20-21H,3-4,9-15H2,1-2H3. The summed E-state index contributed by atoms with van der Waals surface area (Å²) in [6, 6.07) is 8.90. The van der Waals surface area contributed by atoms with Crippen molar-refractivity contribution in [2.45, 2.75) is 70.3 Å². The van der Waals surface area contributed by atoms with Crippen molar-refractivity contribution >= 4 is 0 Å². The topological polar surface area (TPSA) is 46.8 Å². The Labute approximate surface area is 173 Å². The first kappa shape index (κ1) is 18.1. The number of hydrogen-bond acceptors (Lipinski definition) is 4. The molecular weight excluding hydrogens is 358 g/mol. The lowest BCUT2D eigenvalue weighted by Gasteiger charge is -2.63. The molecule has 0 spiro atoms. The number of nitrogens with zero attached hydrogens (tertiary/aromatic N) is 5. The molecule has 1 saturated heterocycles. The molecule has 2 heterocycles. The zero-order chi connectivity index (χ0) is 19.6. The summed E-state index contributed by atoms with van der Waals surface area (Å²) < 4.78 is 2.09. The first-order valence-electron chi connectivity index (χ1n) is 11.8. The summed E-state index contributed by atoms with van der Waals surface area (Å²) >= 11 is 0. The third-order valence-corrected chi connectivity index (χ3v) is 8.64. The summed E-state index contributed by atoms with van der Waals surface area (Å²) in [6.45, 7) is 6.91. The number of aromatic nitrogens is 4. The van der Waals surface area contributed by atoms with Crippen LogP contribution >= 0.6 is 0 Å². The highest BCUT2D eigenvalue weighted by Gasteiger charge is 2.63. The summed E-state index contributed by atoms with van der Waals surface area (Å²) in [5, 5.41) is 13.6. The van der Waals surface area contributed by atoms with E-state index in [1.54, 1.807) is 0 Å². The molecule has 1 aromatic carbocycles. The fourth-order valence-corrected chi connectivity index (χ4v) is 7.62. The van der Waals surface area contributed by atoms with Gasteiger partial charge in [-0.3, -0.25) is 4.90 Å². The first-order chi connectivity index (χ1) is 14.2. The van der Waals surface area contributed by atoms with Crippen molar-refractivity contribution < 1.29 is 0 Å². The molecule has 1 aromatic heterocycles. The molecule has 154 valence electrons. The van der Waals surface area contributed by atoms with Crippen LogP contribution in [0.3, 0.4) is 0 Å². The van der Waals surface area contributed by atoms with Crippen molar-refractivity contribution in [2.75, 3.05) is 13.1 Å². The van der Waals surface area contributed by atoms with E-state index in [1.165, 1.54) is 63.6 Å². The average molecular weight is 392 g/mol. The predicted molar refractivity (Wildman–Crippen MR) is 113 cm³/mol. The molecule has 29 heavy (non-hydrogen) atoms. The fraction of sp³-hybridized carbons (Fsp3) is 0.708. The second-order valence-corrected chi connectivity index (χ2v) is 10.5. The van der Waals surface area contributed by atoms with Gasteiger partial charge in [-0.2, -0.15) is 4.68 Å². The molecule has 0 atom stereocenters. The van der Waals surface area contributed by atoms with Crippen LogP contribution in [-0.2, 0) is 5.54 Å². The summed E-state index contributed by atoms with van der Waals surface area (Å²) in [5.41, 5.74) is 2.53. The zero-order valence-electron chi connectivity index (χ0n) is 17.8. The molecule has 0 N–H and O–H groups in total. The third-order valence-electron chi connectivity index (χ3n) is 8.64. The Balaban J connectivity index is 1.47. The van der Waals surface area contributed by atoms with Crippen LogP contribution in [0.15, 0.2) is 24.3 Å². The van der Waals surface area contributed by atoms with Gasteiger partial charge < -0.3 is 0 Å². The highest BCUT2D eigenvalue weighted by Crippen LogP contribution is 2.64. The van der Waals surface area contributed by atoms with E-state index in [2.05, 4.69) is 58.1 Å². The Morgan fingerprint density at radius 2 is 1.52 bits per heavy atom. The largest absolute Gasteiger partial charge is 0.290 e. The molecular formula is C24H33N5. The Bertz CT molecular complexity index is 849. The van der Waals surface area contributed by atoms with E-state index < -0.39 is 0 Å². The molecule has 7 rings (SSSR count). The van der Waals surface area contributed by atoms with Gasteiger partial charge in [0.15, 0.2) is 5.82 Å². The Morgan fingerprint density at radius 3 is 2.10 bits per heavy atom. The molecule has 4 saturated carbocycles. The van der Waals surface area contributed by atoms with Crippen molar-refractivity contribution in [1.82, 2.24) is 25.1 Å². The molecule has 5 aliphatic rings. The van der Waals surface area contributed by atoms with Crippen LogP contribution in [0.1, 0.15) is 76.1 Å². The lowest BCUT2D eigenvalue weighted by Crippen LogP contribution is -2.64. The van der Waals surface area contributed by atoms with E-state index in [-0.39, 0.29) is 5.54 Å². The SMILES string of the molecule is CC(C)c1ccc(-n2nnnc2C2(N3CCCC3)C3CC4CC(C3)CC2C4)cc1. The van der Waals surface area contributed by atoms with Crippen molar-refractivity contribution in [3.63, 3.8) is 0 Å². The van der Waals surface area contributed by atoms with Gasteiger partial charge in [0.05, 0.1) is 11.2 Å². The average Bonchev–Trinajstić information content (AvgIpc) is 3.41. The second-order valence-electron chi connectivity index (χ2n) is 10.5. The maximum Gasteiger partial charge on any atom is 0.177 e. The Morgan fingerprint density at radius 1 is 0.897 bits per heavy atom. The van der Waals surface area contributed by atoms with Crippen LogP contribution in [0.2, 0.25) is 0 Å². The van der Waals surface area contributed by atoms with E-state index in [1.807, 2.05) is 0 Å². The van der Waals surface area contributed by atoms with Crippen LogP contribution in [0, 0.1) is 23.7 Å². The maximum absolute atomic E-state index is 4.77. The van der Waals surface area contributed by atoms with Crippen molar-refractivity contribution in [2.24, 2.45) is 23.7 Å². The van der Waals surface area contributed by atoms with Gasteiger partial charge in [0.25, 0.3) is 0 Å². The molecule has 2 aromatic rings. The molecule has 0 unspecified atom stereocenters. The van der Waals surface area contributed by atoms with Crippen molar-refractivity contribution in [1.29, 1.82) is 0 Å². The van der Waals surface area contributed by atoms with Gasteiger partial charge in [-0.05, 0) is 116 Å². The van der Waals surface area contributed by atoms with Gasteiger partial charge in [0.2, 0.25) is 0 Å². The second kappa shape index (κ2) is 6.63. The molecule has 5 fully saturated rings. The quantitative estimate of drug-likeness (QED) is 0.768. The highest BCUT2D eigenvalue weighted by molar-refractivity contribution is 5.37. The smallest absolute Gasteiger partial charge is 0.177 e. The van der Waals surface area contributed by atoms with Crippen LogP contribution in [0.25, 0.3) is 5.69 Å². The summed E-state index contributed by atoms with van der Waals surface area (Å²) in [5.74, 6) is 5.00. The zero-order valence-corrected chi connectivity index (χ0v) is 17.8. The molecule has 1 aliphatic heterocycles. The van der Waals surface area contributed by atoms with Gasteiger partial charge in [0.1, 0.15) is 0 Å². The van der Waals surface area contributed by atoms with Gasteiger partial charge >= 0.3 is 0 Å². The van der Waals surface area contributed by atoms with E-state index in [9.17, 15) is 0 Å². The minimum atomic E-state index is 0.0458. The monoisotopic (exact) mass is 391 g/mol. The van der Waals surface area contributed by atoms with Gasteiger partial charge in [-0.15, -0.1) is 5.10 Å². The van der Waals surface area contributed by atoms with Crippen molar-refractivity contribution in [3.8, 4) is 5.69 Å². The van der Waals surface area contributed by atoms with E-state index in [0.717, 1.165) is 35.2 Å². The normalized spacial score (nSPS) is 36.4. The van der Waals surface area contributed by atoms with Crippen LogP contribution in [0.4, 0.5) is 0 Å². The van der Waals surface area contributed by atoms with Gasteiger partial charge in [-0.25, -0.2) is 0 Å². The van der Waals surface area contributed by atoms with Crippen LogP contribution < -0.4 is 0 Å². The van der Waals surface area contributed by atoms with Crippen LogP contribution in [0.5, 0.6) is 0 Å². The highest BCUT2D eigenvalue weighted by atomic mass is 15.6. The summed E-state index contributed by atoms with van der Waals surface area (Å²) in [6.07, 6.45) is 9.62. The minimum Gasteiger partial charge on any atom is -0.290 e. The lowest BCUT2D eigenvalue weighted by atomic mass is 9.47. The molecule has 5 nitrogen and oxygen atoms in total. The molecule has 4 bridgehead atoms. The fourth-order valence-electron chi connectivity index (χ4n) is 7.62. The van der Waals surface area contributed by atoms with Crippen molar-refractivity contribution in [3.05, 3.63) is 35.7 Å². The number of benzene rings is 1. The number of likely N-dealkylation sites (tertiary alicyclic amines) is 1. The number of hydrogen-bond donors (Lipinski definition) is 0. The van der Waals surface area contributed by atoms with Gasteiger partial charge in [0, 0.05) is 0 Å². The Hall–Kier alpha value is -1.75. The lowest BCUT2D eigenvalue weighted by molar-refractivity contribution is -0.140. The molecule has 5 heteroatoms. The molecule has 0 radical (unpaired) electrons.